The maximum Gasteiger partial charge on any atom is 0.319 e. The molecule has 1 amide bonds. The minimum absolute atomic E-state index is 0.0967. The summed E-state index contributed by atoms with van der Waals surface area (Å²) in [6.45, 7) is 0.319. The predicted octanol–water partition coefficient (Wildman–Crippen LogP) is 1.94. The topological polar surface area (TPSA) is 94.4 Å². The van der Waals surface area contributed by atoms with Crippen molar-refractivity contribution in [3.05, 3.63) is 33.1 Å². The molecule has 0 aromatic carbocycles. The minimum Gasteiger partial charge on any atom is -0.376 e. The summed E-state index contributed by atoms with van der Waals surface area (Å²) in [5, 5.41) is 13.3. The van der Waals surface area contributed by atoms with Crippen LogP contribution in [-0.4, -0.2) is 35.1 Å². The number of halogens is 1. The van der Waals surface area contributed by atoms with Crippen LogP contribution in [0.25, 0.3) is 0 Å². The molecular formula is C12H14ClN3O4. The fraction of sp³-hybridized carbons (Fsp3) is 0.500. The van der Waals surface area contributed by atoms with Gasteiger partial charge in [0.15, 0.2) is 0 Å². The van der Waals surface area contributed by atoms with Gasteiger partial charge >= 0.3 is 5.69 Å². The fourth-order valence-corrected chi connectivity index (χ4v) is 2.37. The molecule has 0 saturated heterocycles. The van der Waals surface area contributed by atoms with Gasteiger partial charge < -0.3 is 10.1 Å². The molecule has 1 N–H and O–H groups in total. The zero-order valence-corrected chi connectivity index (χ0v) is 11.6. The summed E-state index contributed by atoms with van der Waals surface area (Å²) in [5.74, 6) is -0.552. The zero-order chi connectivity index (χ0) is 14.8. The van der Waals surface area contributed by atoms with Crippen molar-refractivity contribution in [2.24, 2.45) is 0 Å². The van der Waals surface area contributed by atoms with Gasteiger partial charge in [0.25, 0.3) is 5.91 Å². The van der Waals surface area contributed by atoms with E-state index in [1.165, 1.54) is 12.3 Å². The summed E-state index contributed by atoms with van der Waals surface area (Å²) >= 11 is 5.67. The summed E-state index contributed by atoms with van der Waals surface area (Å²) in [6.07, 6.45) is 4.04. The highest BCUT2D eigenvalue weighted by Crippen LogP contribution is 2.34. The molecule has 0 aliphatic heterocycles. The molecule has 0 radical (unpaired) electrons. The van der Waals surface area contributed by atoms with E-state index in [1.54, 1.807) is 7.11 Å². The van der Waals surface area contributed by atoms with Crippen molar-refractivity contribution < 1.29 is 14.5 Å². The van der Waals surface area contributed by atoms with Crippen LogP contribution in [0.5, 0.6) is 0 Å². The van der Waals surface area contributed by atoms with E-state index in [0.717, 1.165) is 19.3 Å². The maximum absolute atomic E-state index is 12.1. The molecule has 1 heterocycles. The van der Waals surface area contributed by atoms with Crippen LogP contribution in [-0.2, 0) is 4.74 Å². The lowest BCUT2D eigenvalue weighted by atomic mass is 9.80. The van der Waals surface area contributed by atoms with Crippen LogP contribution in [0, 0.1) is 10.1 Å². The first-order valence-corrected chi connectivity index (χ1v) is 6.49. The number of rotatable bonds is 5. The highest BCUT2D eigenvalue weighted by atomic mass is 35.5. The summed E-state index contributed by atoms with van der Waals surface area (Å²) in [7, 11) is 1.59. The van der Waals surface area contributed by atoms with Crippen LogP contribution in [0.3, 0.4) is 0 Å². The normalized spacial score (nSPS) is 16.3. The number of carbonyl (C=O) groups is 1. The van der Waals surface area contributed by atoms with E-state index in [9.17, 15) is 14.9 Å². The molecule has 0 unspecified atom stereocenters. The van der Waals surface area contributed by atoms with Gasteiger partial charge in [-0.1, -0.05) is 11.6 Å². The Hall–Kier alpha value is -1.73. The number of hydrogen-bond acceptors (Lipinski definition) is 5. The summed E-state index contributed by atoms with van der Waals surface area (Å²) in [6, 6.07) is 1.28. The Morgan fingerprint density at radius 2 is 2.35 bits per heavy atom. The molecule has 2 rings (SSSR count). The van der Waals surface area contributed by atoms with Crippen molar-refractivity contribution in [1.29, 1.82) is 0 Å². The molecule has 1 saturated carbocycles. The monoisotopic (exact) mass is 299 g/mol. The van der Waals surface area contributed by atoms with Gasteiger partial charge in [0.1, 0.15) is 5.56 Å². The van der Waals surface area contributed by atoms with Gasteiger partial charge in [0.05, 0.1) is 10.5 Å². The van der Waals surface area contributed by atoms with Crippen LogP contribution in [0.15, 0.2) is 12.3 Å². The Kier molecular flexibility index (Phi) is 4.20. The summed E-state index contributed by atoms with van der Waals surface area (Å²) in [5.41, 5.74) is -0.923. The lowest BCUT2D eigenvalue weighted by Gasteiger charge is -2.40. The average Bonchev–Trinajstić information content (AvgIpc) is 2.37. The highest BCUT2D eigenvalue weighted by molar-refractivity contribution is 6.32. The predicted molar refractivity (Wildman–Crippen MR) is 71.8 cm³/mol. The lowest BCUT2D eigenvalue weighted by molar-refractivity contribution is -0.385. The number of nitro groups is 1. The van der Waals surface area contributed by atoms with E-state index in [0.29, 0.717) is 6.54 Å². The van der Waals surface area contributed by atoms with E-state index < -0.39 is 16.5 Å². The molecule has 1 aromatic heterocycles. The summed E-state index contributed by atoms with van der Waals surface area (Å²) in [4.78, 5) is 25.9. The van der Waals surface area contributed by atoms with Gasteiger partial charge in [-0.05, 0) is 25.3 Å². The Morgan fingerprint density at radius 1 is 1.65 bits per heavy atom. The van der Waals surface area contributed by atoms with Crippen LogP contribution < -0.4 is 5.32 Å². The van der Waals surface area contributed by atoms with Crippen molar-refractivity contribution in [3.63, 3.8) is 0 Å². The average molecular weight is 300 g/mol. The number of nitrogens with one attached hydrogen (secondary N) is 1. The van der Waals surface area contributed by atoms with E-state index in [2.05, 4.69) is 10.3 Å². The molecule has 20 heavy (non-hydrogen) atoms. The number of ether oxygens (including phenoxy) is 1. The van der Waals surface area contributed by atoms with Crippen molar-refractivity contribution in [2.45, 2.75) is 24.9 Å². The minimum atomic E-state index is -0.709. The maximum atomic E-state index is 12.1. The second-order valence-electron chi connectivity index (χ2n) is 4.68. The van der Waals surface area contributed by atoms with Gasteiger partial charge in [0, 0.05) is 19.9 Å². The van der Waals surface area contributed by atoms with Crippen LogP contribution in [0.2, 0.25) is 5.15 Å². The molecule has 8 heteroatoms. The van der Waals surface area contributed by atoms with Crippen molar-refractivity contribution >= 4 is 23.2 Å². The molecule has 1 aliphatic rings. The first-order valence-electron chi connectivity index (χ1n) is 6.11. The molecule has 108 valence electrons. The smallest absolute Gasteiger partial charge is 0.319 e. The van der Waals surface area contributed by atoms with E-state index in [-0.39, 0.29) is 16.3 Å². The molecule has 7 nitrogen and oxygen atoms in total. The molecule has 0 bridgehead atoms. The number of amides is 1. The Bertz CT molecular complexity index is 540. The van der Waals surface area contributed by atoms with Gasteiger partial charge in [-0.3, -0.25) is 14.9 Å². The van der Waals surface area contributed by atoms with E-state index in [1.807, 2.05) is 0 Å². The van der Waals surface area contributed by atoms with Crippen LogP contribution in [0.1, 0.15) is 29.6 Å². The number of methoxy groups -OCH3 is 1. The zero-order valence-electron chi connectivity index (χ0n) is 10.9. The molecule has 1 aliphatic carbocycles. The molecule has 1 fully saturated rings. The lowest BCUT2D eigenvalue weighted by Crippen LogP contribution is -2.49. The van der Waals surface area contributed by atoms with E-state index >= 15 is 0 Å². The van der Waals surface area contributed by atoms with Crippen molar-refractivity contribution in [3.8, 4) is 0 Å². The van der Waals surface area contributed by atoms with Gasteiger partial charge in [-0.25, -0.2) is 4.98 Å². The first kappa shape index (κ1) is 14.7. The van der Waals surface area contributed by atoms with Gasteiger partial charge in [-0.2, -0.15) is 0 Å². The molecular weight excluding hydrogens is 286 g/mol. The number of pyridine rings is 1. The highest BCUT2D eigenvalue weighted by Gasteiger charge is 2.37. The second-order valence-corrected chi connectivity index (χ2v) is 5.04. The number of hydrogen-bond donors (Lipinski definition) is 1. The molecule has 0 spiro atoms. The summed E-state index contributed by atoms with van der Waals surface area (Å²) < 4.78 is 5.37. The van der Waals surface area contributed by atoms with Crippen LogP contribution >= 0.6 is 11.6 Å². The third kappa shape index (κ3) is 2.73. The SMILES string of the molecule is COC1(CNC(=O)c2ccnc(Cl)c2[N+](=O)[O-])CCC1. The third-order valence-corrected chi connectivity index (χ3v) is 3.85. The van der Waals surface area contributed by atoms with Gasteiger partial charge in [0.2, 0.25) is 5.15 Å². The Morgan fingerprint density at radius 3 is 2.85 bits per heavy atom. The van der Waals surface area contributed by atoms with Gasteiger partial charge in [-0.15, -0.1) is 0 Å². The largest absolute Gasteiger partial charge is 0.376 e. The third-order valence-electron chi connectivity index (χ3n) is 3.58. The van der Waals surface area contributed by atoms with Crippen molar-refractivity contribution in [2.75, 3.05) is 13.7 Å². The number of carbonyl (C=O) groups excluding carboxylic acids is 1. The second kappa shape index (κ2) is 5.72. The Labute approximate surface area is 120 Å². The fourth-order valence-electron chi connectivity index (χ4n) is 2.15. The quantitative estimate of drug-likeness (QED) is 0.509. The molecule has 0 atom stereocenters. The Balaban J connectivity index is 2.13. The van der Waals surface area contributed by atoms with Crippen LogP contribution in [0.4, 0.5) is 5.69 Å². The standard InChI is InChI=1S/C12H14ClN3O4/c1-20-12(4-2-5-12)7-15-11(17)8-3-6-14-10(13)9(8)16(18)19/h3,6H,2,4-5,7H2,1H3,(H,15,17). The van der Waals surface area contributed by atoms with Crippen molar-refractivity contribution in [1.82, 2.24) is 10.3 Å². The number of nitrogens with zero attached hydrogens (tertiary/aromatic N) is 2. The number of aromatic nitrogens is 1. The molecule has 1 aromatic rings. The van der Waals surface area contributed by atoms with E-state index in [4.69, 9.17) is 16.3 Å². The first-order chi connectivity index (χ1) is 9.49.